The van der Waals surface area contributed by atoms with Crippen LogP contribution >= 0.6 is 0 Å². The van der Waals surface area contributed by atoms with Crippen LogP contribution in [0, 0.1) is 0 Å². The number of rotatable bonds is 7. The largest absolute Gasteiger partial charge is 0.481 e. The highest BCUT2D eigenvalue weighted by Gasteiger charge is 2.17. The zero-order valence-corrected chi connectivity index (χ0v) is 14.3. The van der Waals surface area contributed by atoms with Crippen molar-refractivity contribution < 1.29 is 14.6 Å². The molecule has 0 atom stereocenters. The second-order valence-corrected chi connectivity index (χ2v) is 6.23. The fourth-order valence-electron chi connectivity index (χ4n) is 3.03. The molecule has 1 fully saturated rings. The van der Waals surface area contributed by atoms with Crippen molar-refractivity contribution in [3.8, 4) is 11.5 Å². The number of aliphatic carboxylic acids is 1. The fourth-order valence-corrected chi connectivity index (χ4v) is 3.03. The summed E-state index contributed by atoms with van der Waals surface area (Å²) in [5, 5.41) is 8.71. The summed E-state index contributed by atoms with van der Waals surface area (Å²) in [7, 11) is 0. The van der Waals surface area contributed by atoms with Gasteiger partial charge >= 0.3 is 5.97 Å². The Balaban J connectivity index is 1.48. The lowest BCUT2D eigenvalue weighted by atomic mass is 10.2. The summed E-state index contributed by atoms with van der Waals surface area (Å²) in [5.41, 5.74) is 1.20. The van der Waals surface area contributed by atoms with E-state index in [1.165, 1.54) is 5.69 Å². The first kappa shape index (κ1) is 17.3. The summed E-state index contributed by atoms with van der Waals surface area (Å²) in [5.74, 6) is 0.962. The predicted octanol–water partition coefficient (Wildman–Crippen LogP) is 3.47. The summed E-state index contributed by atoms with van der Waals surface area (Å²) >= 11 is 0. The Morgan fingerprint density at radius 3 is 2.20 bits per heavy atom. The van der Waals surface area contributed by atoms with Crippen molar-refractivity contribution >= 4 is 11.7 Å². The normalized spacial score (nSPS) is 15.1. The summed E-state index contributed by atoms with van der Waals surface area (Å²) < 4.78 is 5.83. The van der Waals surface area contributed by atoms with E-state index < -0.39 is 5.97 Å². The minimum absolute atomic E-state index is 0.253. The molecule has 5 heteroatoms. The van der Waals surface area contributed by atoms with Crippen LogP contribution in [0.4, 0.5) is 5.69 Å². The molecule has 1 aliphatic heterocycles. The Hall–Kier alpha value is -2.53. The Bertz CT molecular complexity index is 665. The summed E-state index contributed by atoms with van der Waals surface area (Å²) in [6.07, 6.45) is 0.976. The van der Waals surface area contributed by atoms with Gasteiger partial charge in [0.05, 0.1) is 0 Å². The van der Waals surface area contributed by atoms with Crippen LogP contribution in [0.3, 0.4) is 0 Å². The highest BCUT2D eigenvalue weighted by atomic mass is 16.5. The van der Waals surface area contributed by atoms with E-state index in [9.17, 15) is 4.79 Å². The number of ether oxygens (including phenoxy) is 1. The van der Waals surface area contributed by atoms with Gasteiger partial charge in [0.15, 0.2) is 0 Å². The lowest BCUT2D eigenvalue weighted by Gasteiger charge is -2.36. The second-order valence-electron chi connectivity index (χ2n) is 6.23. The molecule has 25 heavy (non-hydrogen) atoms. The van der Waals surface area contributed by atoms with Gasteiger partial charge in [0.25, 0.3) is 0 Å². The van der Waals surface area contributed by atoms with Gasteiger partial charge in [0.1, 0.15) is 11.5 Å². The van der Waals surface area contributed by atoms with Crippen molar-refractivity contribution in [3.05, 3.63) is 54.6 Å². The predicted molar refractivity (Wildman–Crippen MR) is 98.5 cm³/mol. The Kier molecular flexibility index (Phi) is 5.90. The Morgan fingerprint density at radius 1 is 0.920 bits per heavy atom. The van der Waals surface area contributed by atoms with Crippen LogP contribution in [-0.2, 0) is 4.79 Å². The molecular weight excluding hydrogens is 316 g/mol. The number of anilines is 1. The minimum Gasteiger partial charge on any atom is -0.481 e. The maximum Gasteiger partial charge on any atom is 0.303 e. The molecule has 3 rings (SSSR count). The lowest BCUT2D eigenvalue weighted by molar-refractivity contribution is -0.137. The monoisotopic (exact) mass is 340 g/mol. The topological polar surface area (TPSA) is 53.0 Å². The van der Waals surface area contributed by atoms with E-state index >= 15 is 0 Å². The quantitative estimate of drug-likeness (QED) is 0.836. The number of hydrogen-bond donors (Lipinski definition) is 1. The molecule has 2 aromatic carbocycles. The van der Waals surface area contributed by atoms with E-state index in [0.29, 0.717) is 0 Å². The third-order valence-electron chi connectivity index (χ3n) is 4.42. The number of benzene rings is 2. The van der Waals surface area contributed by atoms with E-state index in [2.05, 4.69) is 21.9 Å². The van der Waals surface area contributed by atoms with Crippen LogP contribution in [0.2, 0.25) is 0 Å². The minimum atomic E-state index is -0.712. The molecule has 2 aromatic rings. The van der Waals surface area contributed by atoms with E-state index in [4.69, 9.17) is 9.84 Å². The number of carboxylic acid groups (broad SMARTS) is 1. The standard InChI is InChI=1S/C20H24N2O3/c23-20(24)7-4-12-21-13-15-22(16-14-21)17-8-10-19(11-9-17)25-18-5-2-1-3-6-18/h1-3,5-6,8-11H,4,7,12-16H2,(H,23,24). The van der Waals surface area contributed by atoms with Crippen molar-refractivity contribution in [1.82, 2.24) is 4.90 Å². The third-order valence-corrected chi connectivity index (χ3v) is 4.42. The van der Waals surface area contributed by atoms with Gasteiger partial charge in [0.2, 0.25) is 0 Å². The zero-order valence-electron chi connectivity index (χ0n) is 14.3. The van der Waals surface area contributed by atoms with E-state index in [1.54, 1.807) is 0 Å². The number of hydrogen-bond acceptors (Lipinski definition) is 4. The van der Waals surface area contributed by atoms with Crippen molar-refractivity contribution in [2.24, 2.45) is 0 Å². The molecular formula is C20H24N2O3. The van der Waals surface area contributed by atoms with Crippen LogP contribution in [0.15, 0.2) is 54.6 Å². The molecule has 0 unspecified atom stereocenters. The van der Waals surface area contributed by atoms with Gasteiger partial charge in [-0.05, 0) is 49.4 Å². The molecule has 5 nitrogen and oxygen atoms in total. The van der Waals surface area contributed by atoms with Gasteiger partial charge in [0, 0.05) is 38.3 Å². The SMILES string of the molecule is O=C(O)CCCN1CCN(c2ccc(Oc3ccccc3)cc2)CC1. The maximum absolute atomic E-state index is 10.6. The molecule has 0 aliphatic carbocycles. The molecule has 0 radical (unpaired) electrons. The molecule has 0 amide bonds. The van der Waals surface area contributed by atoms with Crippen LogP contribution < -0.4 is 9.64 Å². The van der Waals surface area contributed by atoms with Crippen molar-refractivity contribution in [2.75, 3.05) is 37.6 Å². The van der Waals surface area contributed by atoms with Crippen LogP contribution in [-0.4, -0.2) is 48.7 Å². The Morgan fingerprint density at radius 2 is 1.56 bits per heavy atom. The van der Waals surface area contributed by atoms with E-state index in [-0.39, 0.29) is 6.42 Å². The van der Waals surface area contributed by atoms with Gasteiger partial charge in [-0.2, -0.15) is 0 Å². The van der Waals surface area contributed by atoms with Gasteiger partial charge in [-0.3, -0.25) is 9.69 Å². The molecule has 1 heterocycles. The van der Waals surface area contributed by atoms with Gasteiger partial charge in [-0.1, -0.05) is 18.2 Å². The van der Waals surface area contributed by atoms with E-state index in [1.807, 2.05) is 42.5 Å². The summed E-state index contributed by atoms with van der Waals surface area (Å²) in [4.78, 5) is 15.3. The van der Waals surface area contributed by atoms with Crippen molar-refractivity contribution in [1.29, 1.82) is 0 Å². The van der Waals surface area contributed by atoms with Crippen molar-refractivity contribution in [2.45, 2.75) is 12.8 Å². The average Bonchev–Trinajstić information content (AvgIpc) is 2.64. The second kappa shape index (κ2) is 8.53. The first-order chi connectivity index (χ1) is 12.2. The molecule has 0 aromatic heterocycles. The smallest absolute Gasteiger partial charge is 0.303 e. The highest BCUT2D eigenvalue weighted by Crippen LogP contribution is 2.25. The first-order valence-electron chi connectivity index (χ1n) is 8.73. The van der Waals surface area contributed by atoms with E-state index in [0.717, 1.165) is 50.6 Å². The lowest BCUT2D eigenvalue weighted by Crippen LogP contribution is -2.46. The molecule has 0 bridgehead atoms. The molecule has 1 saturated heterocycles. The summed E-state index contributed by atoms with van der Waals surface area (Å²) in [6, 6.07) is 18.0. The molecule has 0 spiro atoms. The molecule has 1 aliphatic rings. The molecule has 132 valence electrons. The zero-order chi connectivity index (χ0) is 17.5. The number of carbonyl (C=O) groups is 1. The average molecular weight is 340 g/mol. The van der Waals surface area contributed by atoms with Crippen molar-refractivity contribution in [3.63, 3.8) is 0 Å². The van der Waals surface area contributed by atoms with Gasteiger partial charge in [-0.25, -0.2) is 0 Å². The van der Waals surface area contributed by atoms with Gasteiger partial charge < -0.3 is 14.7 Å². The van der Waals surface area contributed by atoms with Gasteiger partial charge in [-0.15, -0.1) is 0 Å². The number of piperazine rings is 1. The van der Waals surface area contributed by atoms with Crippen LogP contribution in [0.25, 0.3) is 0 Å². The number of para-hydroxylation sites is 1. The molecule has 1 N–H and O–H groups in total. The highest BCUT2D eigenvalue weighted by molar-refractivity contribution is 5.66. The fraction of sp³-hybridized carbons (Fsp3) is 0.350. The number of nitrogens with zero attached hydrogens (tertiary/aromatic N) is 2. The Labute approximate surface area is 148 Å². The number of carboxylic acids is 1. The van der Waals surface area contributed by atoms with Crippen LogP contribution in [0.5, 0.6) is 11.5 Å². The summed E-state index contributed by atoms with van der Waals surface area (Å²) in [6.45, 7) is 4.74. The first-order valence-corrected chi connectivity index (χ1v) is 8.73. The van der Waals surface area contributed by atoms with Crippen LogP contribution in [0.1, 0.15) is 12.8 Å². The maximum atomic E-state index is 10.6. The molecule has 0 saturated carbocycles. The third kappa shape index (κ3) is 5.22.